The van der Waals surface area contributed by atoms with E-state index in [9.17, 15) is 14.9 Å². The van der Waals surface area contributed by atoms with E-state index in [0.29, 0.717) is 5.69 Å². The van der Waals surface area contributed by atoms with Crippen molar-refractivity contribution in [2.24, 2.45) is 0 Å². The number of non-ortho nitro benzene ring substituents is 1. The minimum absolute atomic E-state index is 0.0159. The lowest BCUT2D eigenvalue weighted by molar-refractivity contribution is -0.384. The van der Waals surface area contributed by atoms with Gasteiger partial charge in [0.05, 0.1) is 10.5 Å². The van der Waals surface area contributed by atoms with Gasteiger partial charge in [0.25, 0.3) is 5.69 Å². The average molecular weight is 263 g/mol. The molecule has 2 N–H and O–H groups in total. The third kappa shape index (κ3) is 2.73. The third-order valence-electron chi connectivity index (χ3n) is 3.62. The minimum Gasteiger partial charge on any atom is -0.324 e. The molecule has 1 amide bonds. The topological polar surface area (TPSA) is 84.3 Å². The Morgan fingerprint density at radius 1 is 1.47 bits per heavy atom. The van der Waals surface area contributed by atoms with Crippen molar-refractivity contribution in [1.82, 2.24) is 5.32 Å². The number of carbonyl (C=O) groups is 1. The number of carbonyl (C=O) groups excluding carboxylic acids is 1. The Bertz CT molecular complexity index is 478. The number of amides is 1. The second kappa shape index (κ2) is 5.36. The molecule has 19 heavy (non-hydrogen) atoms. The van der Waals surface area contributed by atoms with Gasteiger partial charge in [0.15, 0.2) is 0 Å². The van der Waals surface area contributed by atoms with Gasteiger partial charge in [-0.1, -0.05) is 6.92 Å². The van der Waals surface area contributed by atoms with Gasteiger partial charge in [-0.3, -0.25) is 14.9 Å². The number of nitrogens with zero attached hydrogens (tertiary/aromatic N) is 1. The zero-order valence-electron chi connectivity index (χ0n) is 10.8. The van der Waals surface area contributed by atoms with Crippen molar-refractivity contribution in [3.63, 3.8) is 0 Å². The van der Waals surface area contributed by atoms with E-state index in [1.165, 1.54) is 12.1 Å². The molecule has 1 aromatic rings. The Morgan fingerprint density at radius 3 is 2.63 bits per heavy atom. The fraction of sp³-hybridized carbons (Fsp3) is 0.462. The number of hydrogen-bond donors (Lipinski definition) is 2. The first-order valence-electron chi connectivity index (χ1n) is 6.38. The van der Waals surface area contributed by atoms with E-state index in [2.05, 4.69) is 10.6 Å². The predicted octanol–water partition coefficient (Wildman–Crippen LogP) is 2.07. The molecule has 102 valence electrons. The highest BCUT2D eigenvalue weighted by Gasteiger charge is 2.39. The number of anilines is 1. The molecule has 0 aliphatic carbocycles. The van der Waals surface area contributed by atoms with E-state index in [0.717, 1.165) is 25.8 Å². The standard InChI is InChI=1S/C13H17N3O3/c1-2-13(8-3-9-14-13)12(17)15-10-4-6-11(7-5-10)16(18)19/h4-7,14H,2-3,8-9H2,1H3,(H,15,17). The van der Waals surface area contributed by atoms with Crippen LogP contribution >= 0.6 is 0 Å². The van der Waals surface area contributed by atoms with Crippen molar-refractivity contribution < 1.29 is 9.72 Å². The van der Waals surface area contributed by atoms with Crippen molar-refractivity contribution in [3.05, 3.63) is 34.4 Å². The van der Waals surface area contributed by atoms with E-state index < -0.39 is 10.5 Å². The monoisotopic (exact) mass is 263 g/mol. The molecule has 1 atom stereocenters. The Kier molecular flexibility index (Phi) is 3.80. The first kappa shape index (κ1) is 13.5. The van der Waals surface area contributed by atoms with Gasteiger partial charge in [0.1, 0.15) is 0 Å². The number of rotatable bonds is 4. The summed E-state index contributed by atoms with van der Waals surface area (Å²) in [7, 11) is 0. The maximum absolute atomic E-state index is 12.3. The quantitative estimate of drug-likeness (QED) is 0.643. The van der Waals surface area contributed by atoms with Crippen LogP contribution in [0.1, 0.15) is 26.2 Å². The fourth-order valence-corrected chi connectivity index (χ4v) is 2.38. The van der Waals surface area contributed by atoms with Crippen LogP contribution in [0.4, 0.5) is 11.4 Å². The van der Waals surface area contributed by atoms with Gasteiger partial charge < -0.3 is 10.6 Å². The number of hydrogen-bond acceptors (Lipinski definition) is 4. The summed E-state index contributed by atoms with van der Waals surface area (Å²) in [6.45, 7) is 2.83. The van der Waals surface area contributed by atoms with Crippen LogP contribution in [0.5, 0.6) is 0 Å². The smallest absolute Gasteiger partial charge is 0.269 e. The molecule has 1 heterocycles. The van der Waals surface area contributed by atoms with Crippen LogP contribution < -0.4 is 10.6 Å². The zero-order valence-corrected chi connectivity index (χ0v) is 10.8. The van der Waals surface area contributed by atoms with Crippen molar-refractivity contribution >= 4 is 17.3 Å². The first-order chi connectivity index (χ1) is 9.07. The maximum atomic E-state index is 12.3. The molecule has 0 radical (unpaired) electrons. The van der Waals surface area contributed by atoms with Crippen LogP contribution in [0.15, 0.2) is 24.3 Å². The predicted molar refractivity (Wildman–Crippen MR) is 72.0 cm³/mol. The summed E-state index contributed by atoms with van der Waals surface area (Å²) in [6, 6.07) is 5.87. The Morgan fingerprint density at radius 2 is 2.16 bits per heavy atom. The summed E-state index contributed by atoms with van der Waals surface area (Å²) < 4.78 is 0. The summed E-state index contributed by atoms with van der Waals surface area (Å²) in [4.78, 5) is 22.4. The van der Waals surface area contributed by atoms with Crippen molar-refractivity contribution in [2.45, 2.75) is 31.7 Å². The van der Waals surface area contributed by atoms with Crippen LogP contribution in [-0.4, -0.2) is 22.9 Å². The zero-order chi connectivity index (χ0) is 13.9. The molecule has 0 spiro atoms. The number of nitrogens with one attached hydrogen (secondary N) is 2. The van der Waals surface area contributed by atoms with Crippen molar-refractivity contribution in [2.75, 3.05) is 11.9 Å². The molecule has 1 unspecified atom stereocenters. The van der Waals surface area contributed by atoms with E-state index in [1.54, 1.807) is 12.1 Å². The molecular weight excluding hydrogens is 246 g/mol. The summed E-state index contributed by atoms with van der Waals surface area (Å²) >= 11 is 0. The lowest BCUT2D eigenvalue weighted by Crippen LogP contribution is -2.50. The fourth-order valence-electron chi connectivity index (χ4n) is 2.38. The lowest BCUT2D eigenvalue weighted by Gasteiger charge is -2.26. The van der Waals surface area contributed by atoms with Crippen molar-refractivity contribution in [1.29, 1.82) is 0 Å². The normalized spacial score (nSPS) is 22.2. The van der Waals surface area contributed by atoms with Crippen LogP contribution in [0.2, 0.25) is 0 Å². The first-order valence-corrected chi connectivity index (χ1v) is 6.38. The molecule has 2 rings (SSSR count). The minimum atomic E-state index is -0.498. The van der Waals surface area contributed by atoms with Crippen LogP contribution in [0, 0.1) is 10.1 Å². The molecule has 1 aliphatic heterocycles. The summed E-state index contributed by atoms with van der Waals surface area (Å²) in [5.74, 6) is -0.0682. The molecule has 0 aromatic heterocycles. The van der Waals surface area contributed by atoms with Crippen LogP contribution in [0.25, 0.3) is 0 Å². The molecular formula is C13H17N3O3. The van der Waals surface area contributed by atoms with Crippen molar-refractivity contribution in [3.8, 4) is 0 Å². The second-order valence-corrected chi connectivity index (χ2v) is 4.72. The Labute approximate surface area is 111 Å². The van der Waals surface area contributed by atoms with Gasteiger partial charge in [-0.15, -0.1) is 0 Å². The molecule has 1 aromatic carbocycles. The van der Waals surface area contributed by atoms with E-state index >= 15 is 0 Å². The van der Waals surface area contributed by atoms with Gasteiger partial charge in [-0.25, -0.2) is 0 Å². The number of nitro groups is 1. The average Bonchev–Trinajstić information content (AvgIpc) is 2.89. The Balaban J connectivity index is 2.08. The van der Waals surface area contributed by atoms with Crippen LogP contribution in [-0.2, 0) is 4.79 Å². The molecule has 1 aliphatic rings. The molecule has 6 nitrogen and oxygen atoms in total. The van der Waals surface area contributed by atoms with E-state index in [-0.39, 0.29) is 11.6 Å². The van der Waals surface area contributed by atoms with Gasteiger partial charge in [-0.2, -0.15) is 0 Å². The molecule has 0 saturated carbocycles. The second-order valence-electron chi connectivity index (χ2n) is 4.72. The number of benzene rings is 1. The molecule has 1 fully saturated rings. The SMILES string of the molecule is CCC1(C(=O)Nc2ccc([N+](=O)[O-])cc2)CCCN1. The Hall–Kier alpha value is -1.95. The van der Waals surface area contributed by atoms with Gasteiger partial charge in [0, 0.05) is 17.8 Å². The van der Waals surface area contributed by atoms with Gasteiger partial charge in [0.2, 0.25) is 5.91 Å². The maximum Gasteiger partial charge on any atom is 0.269 e. The highest BCUT2D eigenvalue weighted by molar-refractivity contribution is 5.98. The largest absolute Gasteiger partial charge is 0.324 e. The third-order valence-corrected chi connectivity index (χ3v) is 3.62. The number of nitro benzene ring substituents is 1. The summed E-state index contributed by atoms with van der Waals surface area (Å²) in [6.07, 6.45) is 2.54. The van der Waals surface area contributed by atoms with Crippen LogP contribution in [0.3, 0.4) is 0 Å². The summed E-state index contributed by atoms with van der Waals surface area (Å²) in [5, 5.41) is 16.6. The highest BCUT2D eigenvalue weighted by Crippen LogP contribution is 2.25. The molecule has 0 bridgehead atoms. The highest BCUT2D eigenvalue weighted by atomic mass is 16.6. The van der Waals surface area contributed by atoms with E-state index in [4.69, 9.17) is 0 Å². The summed E-state index contributed by atoms with van der Waals surface area (Å²) in [5.41, 5.74) is 0.0984. The molecule has 6 heteroatoms. The molecule has 1 saturated heterocycles. The van der Waals surface area contributed by atoms with Gasteiger partial charge >= 0.3 is 0 Å². The lowest BCUT2D eigenvalue weighted by atomic mass is 9.93. The van der Waals surface area contributed by atoms with Gasteiger partial charge in [-0.05, 0) is 37.9 Å². The van der Waals surface area contributed by atoms with E-state index in [1.807, 2.05) is 6.92 Å².